The van der Waals surface area contributed by atoms with E-state index in [1.165, 1.54) is 5.56 Å². The molecule has 0 fully saturated rings. The number of hydrogen-bond acceptors (Lipinski definition) is 3. The number of aliphatic hydroxyl groups is 1. The van der Waals surface area contributed by atoms with E-state index >= 15 is 0 Å². The highest BCUT2D eigenvalue weighted by atomic mass is 32.2. The zero-order chi connectivity index (χ0) is 11.8. The van der Waals surface area contributed by atoms with Crippen molar-refractivity contribution in [2.75, 3.05) is 18.6 Å². The first-order valence-corrected chi connectivity index (χ1v) is 6.80. The third-order valence-corrected chi connectivity index (χ3v) is 3.47. The highest BCUT2D eigenvalue weighted by molar-refractivity contribution is 7.99. The molecule has 0 aliphatic heterocycles. The van der Waals surface area contributed by atoms with Gasteiger partial charge in [-0.25, -0.2) is 0 Å². The molecule has 0 heterocycles. The summed E-state index contributed by atoms with van der Waals surface area (Å²) in [5, 5.41) is 9.70. The Morgan fingerprint density at radius 2 is 2.00 bits per heavy atom. The van der Waals surface area contributed by atoms with E-state index in [1.54, 1.807) is 18.9 Å². The van der Waals surface area contributed by atoms with E-state index < -0.39 is 0 Å². The maximum Gasteiger partial charge on any atom is 0.118 e. The van der Waals surface area contributed by atoms with Gasteiger partial charge in [-0.15, -0.1) is 0 Å². The predicted molar refractivity (Wildman–Crippen MR) is 70.3 cm³/mol. The second-order valence-electron chi connectivity index (χ2n) is 3.70. The summed E-state index contributed by atoms with van der Waals surface area (Å²) in [6.07, 6.45) is 1.57. The highest BCUT2D eigenvalue weighted by Crippen LogP contribution is 2.14. The summed E-state index contributed by atoms with van der Waals surface area (Å²) in [7, 11) is 1.67. The lowest BCUT2D eigenvalue weighted by Gasteiger charge is -2.09. The fourth-order valence-corrected chi connectivity index (χ4v) is 2.14. The maximum atomic E-state index is 9.70. The zero-order valence-electron chi connectivity index (χ0n) is 9.98. The van der Waals surface area contributed by atoms with Gasteiger partial charge in [0.05, 0.1) is 13.2 Å². The molecule has 0 saturated heterocycles. The summed E-state index contributed by atoms with van der Waals surface area (Å²) in [6, 6.07) is 8.03. The SMILES string of the molecule is CCSCC(O)CCc1ccc(OC)cc1. The Labute approximate surface area is 102 Å². The molecule has 0 spiro atoms. The molecule has 1 unspecified atom stereocenters. The molecule has 16 heavy (non-hydrogen) atoms. The minimum atomic E-state index is -0.188. The van der Waals surface area contributed by atoms with Gasteiger partial charge in [0.25, 0.3) is 0 Å². The molecule has 0 saturated carbocycles. The first-order valence-electron chi connectivity index (χ1n) is 5.65. The number of aryl methyl sites for hydroxylation is 1. The van der Waals surface area contributed by atoms with Crippen molar-refractivity contribution in [1.29, 1.82) is 0 Å². The summed E-state index contributed by atoms with van der Waals surface area (Å²) in [6.45, 7) is 2.11. The minimum Gasteiger partial charge on any atom is -0.497 e. The topological polar surface area (TPSA) is 29.5 Å². The van der Waals surface area contributed by atoms with E-state index in [4.69, 9.17) is 4.74 Å². The second-order valence-corrected chi connectivity index (χ2v) is 5.02. The standard InChI is InChI=1S/C13H20O2S/c1-3-16-10-12(14)7-4-11-5-8-13(15-2)9-6-11/h5-6,8-9,12,14H,3-4,7,10H2,1-2H3. The normalized spacial score (nSPS) is 12.4. The Morgan fingerprint density at radius 3 is 2.56 bits per heavy atom. The quantitative estimate of drug-likeness (QED) is 0.794. The van der Waals surface area contributed by atoms with Gasteiger partial charge in [-0.3, -0.25) is 0 Å². The van der Waals surface area contributed by atoms with Crippen LogP contribution in [-0.2, 0) is 6.42 Å². The van der Waals surface area contributed by atoms with Crippen LogP contribution in [0, 0.1) is 0 Å². The van der Waals surface area contributed by atoms with E-state index in [0.29, 0.717) is 0 Å². The van der Waals surface area contributed by atoms with Crippen molar-refractivity contribution >= 4 is 11.8 Å². The number of hydrogen-bond donors (Lipinski definition) is 1. The van der Waals surface area contributed by atoms with E-state index in [0.717, 1.165) is 30.1 Å². The van der Waals surface area contributed by atoms with Crippen LogP contribution in [0.2, 0.25) is 0 Å². The van der Waals surface area contributed by atoms with E-state index in [2.05, 4.69) is 19.1 Å². The van der Waals surface area contributed by atoms with E-state index in [9.17, 15) is 5.11 Å². The van der Waals surface area contributed by atoms with Gasteiger partial charge in [0.2, 0.25) is 0 Å². The lowest BCUT2D eigenvalue weighted by Crippen LogP contribution is -2.11. The Bertz CT molecular complexity index is 284. The van der Waals surface area contributed by atoms with Gasteiger partial charge < -0.3 is 9.84 Å². The number of aliphatic hydroxyl groups excluding tert-OH is 1. The molecular weight excluding hydrogens is 220 g/mol. The fraction of sp³-hybridized carbons (Fsp3) is 0.538. The molecule has 0 aromatic heterocycles. The highest BCUT2D eigenvalue weighted by Gasteiger charge is 2.04. The lowest BCUT2D eigenvalue weighted by atomic mass is 10.1. The monoisotopic (exact) mass is 240 g/mol. The molecule has 3 heteroatoms. The Morgan fingerprint density at radius 1 is 1.31 bits per heavy atom. The van der Waals surface area contributed by atoms with Gasteiger partial charge in [-0.2, -0.15) is 11.8 Å². The molecule has 1 aromatic rings. The van der Waals surface area contributed by atoms with Crippen molar-refractivity contribution in [3.05, 3.63) is 29.8 Å². The van der Waals surface area contributed by atoms with E-state index in [1.807, 2.05) is 12.1 Å². The summed E-state index contributed by atoms with van der Waals surface area (Å²) >= 11 is 1.79. The van der Waals surface area contributed by atoms with Crippen molar-refractivity contribution in [1.82, 2.24) is 0 Å². The van der Waals surface area contributed by atoms with E-state index in [-0.39, 0.29) is 6.10 Å². The van der Waals surface area contributed by atoms with Crippen LogP contribution in [0.5, 0.6) is 5.75 Å². The molecule has 1 rings (SSSR count). The number of methoxy groups -OCH3 is 1. The van der Waals surface area contributed by atoms with Crippen LogP contribution < -0.4 is 4.74 Å². The molecular formula is C13H20O2S. The average Bonchev–Trinajstić information content (AvgIpc) is 2.34. The lowest BCUT2D eigenvalue weighted by molar-refractivity contribution is 0.189. The van der Waals surface area contributed by atoms with Crippen molar-refractivity contribution in [3.8, 4) is 5.75 Å². The smallest absolute Gasteiger partial charge is 0.118 e. The average molecular weight is 240 g/mol. The molecule has 0 amide bonds. The van der Waals surface area contributed by atoms with Gasteiger partial charge in [-0.1, -0.05) is 19.1 Å². The first kappa shape index (κ1) is 13.4. The Kier molecular flexibility index (Phi) is 6.34. The van der Waals surface area contributed by atoms with Gasteiger partial charge in [0.15, 0.2) is 0 Å². The van der Waals surface area contributed by atoms with Gasteiger partial charge >= 0.3 is 0 Å². The third kappa shape index (κ3) is 4.90. The van der Waals surface area contributed by atoms with Crippen LogP contribution in [-0.4, -0.2) is 29.8 Å². The molecule has 1 aromatic carbocycles. The maximum absolute atomic E-state index is 9.70. The Balaban J connectivity index is 2.30. The molecule has 90 valence electrons. The minimum absolute atomic E-state index is 0.188. The van der Waals surface area contributed by atoms with Crippen LogP contribution in [0.25, 0.3) is 0 Å². The van der Waals surface area contributed by atoms with Crippen LogP contribution in [0.4, 0.5) is 0 Å². The molecule has 0 aliphatic carbocycles. The van der Waals surface area contributed by atoms with Gasteiger partial charge in [0.1, 0.15) is 5.75 Å². The van der Waals surface area contributed by atoms with Gasteiger partial charge in [0, 0.05) is 5.75 Å². The number of benzene rings is 1. The van der Waals surface area contributed by atoms with Crippen molar-refractivity contribution in [2.24, 2.45) is 0 Å². The second kappa shape index (κ2) is 7.58. The molecule has 1 atom stereocenters. The molecule has 0 aliphatic rings. The largest absolute Gasteiger partial charge is 0.497 e. The third-order valence-electron chi connectivity index (χ3n) is 2.44. The van der Waals surface area contributed by atoms with Crippen LogP contribution in [0.15, 0.2) is 24.3 Å². The number of ether oxygens (including phenoxy) is 1. The molecule has 1 N–H and O–H groups in total. The summed E-state index contributed by atoms with van der Waals surface area (Å²) in [5.41, 5.74) is 1.25. The fourth-order valence-electron chi connectivity index (χ4n) is 1.46. The summed E-state index contributed by atoms with van der Waals surface area (Å²) in [4.78, 5) is 0. The number of thioether (sulfide) groups is 1. The van der Waals surface area contributed by atoms with Gasteiger partial charge in [-0.05, 0) is 36.3 Å². The van der Waals surface area contributed by atoms with Crippen LogP contribution in [0.3, 0.4) is 0 Å². The van der Waals surface area contributed by atoms with Crippen LogP contribution >= 0.6 is 11.8 Å². The zero-order valence-corrected chi connectivity index (χ0v) is 10.8. The number of rotatable bonds is 7. The van der Waals surface area contributed by atoms with Crippen molar-refractivity contribution in [3.63, 3.8) is 0 Å². The van der Waals surface area contributed by atoms with Crippen molar-refractivity contribution < 1.29 is 9.84 Å². The Hall–Kier alpha value is -0.670. The first-order chi connectivity index (χ1) is 7.76. The summed E-state index contributed by atoms with van der Waals surface area (Å²) < 4.78 is 5.10. The summed E-state index contributed by atoms with van der Waals surface area (Å²) in [5.74, 6) is 2.79. The van der Waals surface area contributed by atoms with Crippen molar-refractivity contribution in [2.45, 2.75) is 25.9 Å². The predicted octanol–water partition coefficient (Wildman–Crippen LogP) is 2.74. The molecule has 0 radical (unpaired) electrons. The van der Waals surface area contributed by atoms with Crippen LogP contribution in [0.1, 0.15) is 18.9 Å². The molecule has 2 nitrogen and oxygen atoms in total. The molecule has 0 bridgehead atoms.